The summed E-state index contributed by atoms with van der Waals surface area (Å²) in [6.45, 7) is 0. The number of benzene rings is 1. The SMILES string of the molecule is Nc1nc2ccccc2cc1-c1ncc[nH]1. The van der Waals surface area contributed by atoms with E-state index in [1.807, 2.05) is 30.3 Å². The molecule has 0 aliphatic carbocycles. The van der Waals surface area contributed by atoms with E-state index in [1.165, 1.54) is 0 Å². The maximum Gasteiger partial charge on any atom is 0.141 e. The van der Waals surface area contributed by atoms with Gasteiger partial charge in [-0.05, 0) is 12.1 Å². The lowest BCUT2D eigenvalue weighted by Gasteiger charge is -2.04. The number of imidazole rings is 1. The van der Waals surface area contributed by atoms with Gasteiger partial charge in [0.1, 0.15) is 11.6 Å². The van der Waals surface area contributed by atoms with E-state index in [0.717, 1.165) is 22.3 Å². The molecule has 2 heterocycles. The van der Waals surface area contributed by atoms with Gasteiger partial charge in [-0.25, -0.2) is 9.97 Å². The number of nitrogens with zero attached hydrogens (tertiary/aromatic N) is 2. The van der Waals surface area contributed by atoms with Crippen LogP contribution < -0.4 is 5.73 Å². The lowest BCUT2D eigenvalue weighted by atomic mass is 10.1. The Hall–Kier alpha value is -2.36. The van der Waals surface area contributed by atoms with E-state index >= 15 is 0 Å². The molecular weight excluding hydrogens is 200 g/mol. The van der Waals surface area contributed by atoms with E-state index in [1.54, 1.807) is 12.4 Å². The van der Waals surface area contributed by atoms with Crippen LogP contribution in [0.25, 0.3) is 22.3 Å². The largest absolute Gasteiger partial charge is 0.383 e. The summed E-state index contributed by atoms with van der Waals surface area (Å²) >= 11 is 0. The number of nitrogens with one attached hydrogen (secondary N) is 1. The smallest absolute Gasteiger partial charge is 0.141 e. The lowest BCUT2D eigenvalue weighted by Crippen LogP contribution is -1.95. The molecule has 4 nitrogen and oxygen atoms in total. The monoisotopic (exact) mass is 210 g/mol. The second-order valence-electron chi connectivity index (χ2n) is 3.55. The maximum atomic E-state index is 5.91. The fourth-order valence-electron chi connectivity index (χ4n) is 1.73. The predicted molar refractivity (Wildman–Crippen MR) is 63.7 cm³/mol. The number of anilines is 1. The molecule has 78 valence electrons. The van der Waals surface area contributed by atoms with Crippen molar-refractivity contribution in [3.05, 3.63) is 42.7 Å². The minimum atomic E-state index is 0.494. The van der Waals surface area contributed by atoms with Gasteiger partial charge in [0.05, 0.1) is 11.1 Å². The van der Waals surface area contributed by atoms with Crippen LogP contribution in [-0.4, -0.2) is 15.0 Å². The Kier molecular flexibility index (Phi) is 1.86. The van der Waals surface area contributed by atoms with Gasteiger partial charge in [-0.15, -0.1) is 0 Å². The lowest BCUT2D eigenvalue weighted by molar-refractivity contribution is 1.29. The van der Waals surface area contributed by atoms with E-state index in [9.17, 15) is 0 Å². The molecule has 2 aromatic heterocycles. The highest BCUT2D eigenvalue weighted by Gasteiger charge is 2.07. The second kappa shape index (κ2) is 3.34. The number of rotatable bonds is 1. The molecule has 0 bridgehead atoms. The summed E-state index contributed by atoms with van der Waals surface area (Å²) in [5, 5.41) is 1.06. The number of pyridine rings is 1. The summed E-state index contributed by atoms with van der Waals surface area (Å²) in [7, 11) is 0. The van der Waals surface area contributed by atoms with Crippen molar-refractivity contribution < 1.29 is 0 Å². The molecule has 3 aromatic rings. The van der Waals surface area contributed by atoms with Gasteiger partial charge in [0.25, 0.3) is 0 Å². The highest BCUT2D eigenvalue weighted by atomic mass is 14.9. The van der Waals surface area contributed by atoms with Crippen molar-refractivity contribution >= 4 is 16.7 Å². The Morgan fingerprint density at radius 3 is 2.88 bits per heavy atom. The van der Waals surface area contributed by atoms with Crippen molar-refractivity contribution in [3.8, 4) is 11.4 Å². The topological polar surface area (TPSA) is 67.6 Å². The van der Waals surface area contributed by atoms with E-state index in [0.29, 0.717) is 5.82 Å². The Labute approximate surface area is 92.2 Å². The number of H-pyrrole nitrogens is 1. The highest BCUT2D eigenvalue weighted by molar-refractivity contribution is 5.87. The fourth-order valence-corrected chi connectivity index (χ4v) is 1.73. The number of aromatic nitrogens is 3. The molecule has 1 aromatic carbocycles. The zero-order valence-electron chi connectivity index (χ0n) is 8.51. The van der Waals surface area contributed by atoms with Crippen molar-refractivity contribution in [3.63, 3.8) is 0 Å². The van der Waals surface area contributed by atoms with Gasteiger partial charge in [0.15, 0.2) is 0 Å². The van der Waals surface area contributed by atoms with Crippen molar-refractivity contribution in [1.82, 2.24) is 15.0 Å². The van der Waals surface area contributed by atoms with E-state index in [2.05, 4.69) is 15.0 Å². The summed E-state index contributed by atoms with van der Waals surface area (Å²) < 4.78 is 0. The van der Waals surface area contributed by atoms with Gasteiger partial charge in [0, 0.05) is 17.8 Å². The van der Waals surface area contributed by atoms with Gasteiger partial charge < -0.3 is 10.7 Å². The van der Waals surface area contributed by atoms with E-state index in [4.69, 9.17) is 5.73 Å². The van der Waals surface area contributed by atoms with E-state index in [-0.39, 0.29) is 0 Å². The molecule has 0 atom stereocenters. The molecule has 0 unspecified atom stereocenters. The average molecular weight is 210 g/mol. The molecule has 0 aliphatic rings. The van der Waals surface area contributed by atoms with Gasteiger partial charge in [-0.1, -0.05) is 18.2 Å². The third-order valence-corrected chi connectivity index (χ3v) is 2.51. The highest BCUT2D eigenvalue weighted by Crippen LogP contribution is 2.25. The first-order valence-electron chi connectivity index (χ1n) is 4.99. The van der Waals surface area contributed by atoms with E-state index < -0.39 is 0 Å². The van der Waals surface area contributed by atoms with Crippen molar-refractivity contribution in [2.75, 3.05) is 5.73 Å². The average Bonchev–Trinajstić information content (AvgIpc) is 2.81. The van der Waals surface area contributed by atoms with Crippen LogP contribution in [-0.2, 0) is 0 Å². The third kappa shape index (κ3) is 1.32. The number of aromatic amines is 1. The van der Waals surface area contributed by atoms with Crippen LogP contribution in [0.3, 0.4) is 0 Å². The molecule has 0 saturated heterocycles. The quantitative estimate of drug-likeness (QED) is 0.647. The van der Waals surface area contributed by atoms with Crippen LogP contribution in [0.4, 0.5) is 5.82 Å². The molecule has 0 radical (unpaired) electrons. The number of nitrogen functional groups attached to an aromatic ring is 1. The van der Waals surface area contributed by atoms with Crippen LogP contribution in [0.15, 0.2) is 42.7 Å². The van der Waals surface area contributed by atoms with Crippen molar-refractivity contribution in [1.29, 1.82) is 0 Å². The first-order valence-corrected chi connectivity index (χ1v) is 4.99. The third-order valence-electron chi connectivity index (χ3n) is 2.51. The van der Waals surface area contributed by atoms with Gasteiger partial charge >= 0.3 is 0 Å². The number of nitrogens with two attached hydrogens (primary N) is 1. The Morgan fingerprint density at radius 2 is 2.06 bits per heavy atom. The van der Waals surface area contributed by atoms with Crippen LogP contribution in [0.5, 0.6) is 0 Å². The van der Waals surface area contributed by atoms with Crippen molar-refractivity contribution in [2.24, 2.45) is 0 Å². The van der Waals surface area contributed by atoms with Crippen LogP contribution >= 0.6 is 0 Å². The van der Waals surface area contributed by atoms with Gasteiger partial charge in [-0.3, -0.25) is 0 Å². The number of fused-ring (bicyclic) bond motifs is 1. The summed E-state index contributed by atoms with van der Waals surface area (Å²) in [6, 6.07) is 9.87. The zero-order valence-corrected chi connectivity index (χ0v) is 8.51. The Bertz CT molecular complexity index is 629. The molecule has 0 amide bonds. The fraction of sp³-hybridized carbons (Fsp3) is 0. The first kappa shape index (κ1) is 8.91. The molecule has 0 fully saturated rings. The van der Waals surface area contributed by atoms with Crippen LogP contribution in [0, 0.1) is 0 Å². The summed E-state index contributed by atoms with van der Waals surface area (Å²) in [5.41, 5.74) is 7.64. The van der Waals surface area contributed by atoms with Crippen LogP contribution in [0.1, 0.15) is 0 Å². The molecule has 16 heavy (non-hydrogen) atoms. The number of para-hydroxylation sites is 1. The van der Waals surface area contributed by atoms with Crippen LogP contribution in [0.2, 0.25) is 0 Å². The minimum Gasteiger partial charge on any atom is -0.383 e. The number of hydrogen-bond donors (Lipinski definition) is 2. The predicted octanol–water partition coefficient (Wildman–Crippen LogP) is 2.21. The van der Waals surface area contributed by atoms with Gasteiger partial charge in [-0.2, -0.15) is 0 Å². The molecular formula is C12H10N4. The molecule has 3 rings (SSSR count). The first-order chi connectivity index (χ1) is 7.84. The standard InChI is InChI=1S/C12H10N4/c13-11-9(12-14-5-6-15-12)7-8-3-1-2-4-10(8)16-11/h1-7H,(H2,13,16)(H,14,15). The second-order valence-corrected chi connectivity index (χ2v) is 3.55. The zero-order chi connectivity index (χ0) is 11.0. The number of hydrogen-bond acceptors (Lipinski definition) is 3. The molecule has 0 aliphatic heterocycles. The Morgan fingerprint density at radius 1 is 1.19 bits per heavy atom. The maximum absolute atomic E-state index is 5.91. The minimum absolute atomic E-state index is 0.494. The van der Waals surface area contributed by atoms with Gasteiger partial charge in [0.2, 0.25) is 0 Å². The molecule has 3 N–H and O–H groups in total. The summed E-state index contributed by atoms with van der Waals surface area (Å²) in [5.74, 6) is 1.24. The summed E-state index contributed by atoms with van der Waals surface area (Å²) in [6.07, 6.45) is 3.47. The normalized spacial score (nSPS) is 10.8. The molecule has 0 saturated carbocycles. The molecule has 4 heteroatoms. The van der Waals surface area contributed by atoms with Crippen molar-refractivity contribution in [2.45, 2.75) is 0 Å². The molecule has 0 spiro atoms. The summed E-state index contributed by atoms with van der Waals surface area (Å²) in [4.78, 5) is 11.6. The Balaban J connectivity index is 2.30.